The van der Waals surface area contributed by atoms with Gasteiger partial charge in [-0.3, -0.25) is 4.79 Å². The number of pyridine rings is 1. The number of carbonyl (C=O) groups is 1. The van der Waals surface area contributed by atoms with E-state index < -0.39 is 0 Å². The first-order chi connectivity index (χ1) is 8.20. The Morgan fingerprint density at radius 2 is 2.35 bits per heavy atom. The topological polar surface area (TPSA) is 57.0 Å². The van der Waals surface area contributed by atoms with Crippen LogP contribution in [-0.2, 0) is 0 Å². The van der Waals surface area contributed by atoms with Gasteiger partial charge in [0.1, 0.15) is 11.8 Å². The van der Waals surface area contributed by atoms with Gasteiger partial charge in [-0.05, 0) is 25.5 Å². The molecule has 86 valence electrons. The summed E-state index contributed by atoms with van der Waals surface area (Å²) in [6.07, 6.45) is 4.41. The third kappa shape index (κ3) is 2.51. The SMILES string of the molecule is CC1=CCN(C(=O)c2ccc(C#N)cn2)CC1. The Hall–Kier alpha value is -2.15. The monoisotopic (exact) mass is 227 g/mol. The van der Waals surface area contributed by atoms with Gasteiger partial charge in [0.25, 0.3) is 5.91 Å². The van der Waals surface area contributed by atoms with E-state index in [1.807, 2.05) is 6.07 Å². The molecule has 0 aliphatic carbocycles. The van der Waals surface area contributed by atoms with Crippen LogP contribution in [0.2, 0.25) is 0 Å². The first-order valence-electron chi connectivity index (χ1n) is 5.52. The molecule has 1 amide bonds. The minimum Gasteiger partial charge on any atom is -0.333 e. The lowest BCUT2D eigenvalue weighted by atomic mass is 10.1. The van der Waals surface area contributed by atoms with Crippen molar-refractivity contribution in [1.82, 2.24) is 9.88 Å². The molecule has 0 unspecified atom stereocenters. The Labute approximate surface area is 100 Å². The van der Waals surface area contributed by atoms with Gasteiger partial charge in [-0.15, -0.1) is 0 Å². The molecule has 17 heavy (non-hydrogen) atoms. The van der Waals surface area contributed by atoms with Crippen molar-refractivity contribution >= 4 is 5.91 Å². The molecule has 0 bridgehead atoms. The summed E-state index contributed by atoms with van der Waals surface area (Å²) in [4.78, 5) is 17.8. The number of hydrogen-bond acceptors (Lipinski definition) is 3. The summed E-state index contributed by atoms with van der Waals surface area (Å²) in [5.41, 5.74) is 2.19. The van der Waals surface area contributed by atoms with Crippen LogP contribution in [0.3, 0.4) is 0 Å². The van der Waals surface area contributed by atoms with Gasteiger partial charge < -0.3 is 4.90 Å². The first kappa shape index (κ1) is 11.3. The second-order valence-corrected chi connectivity index (χ2v) is 4.10. The molecule has 2 rings (SSSR count). The van der Waals surface area contributed by atoms with E-state index in [1.54, 1.807) is 17.0 Å². The van der Waals surface area contributed by atoms with E-state index in [0.717, 1.165) is 13.0 Å². The van der Waals surface area contributed by atoms with Crippen molar-refractivity contribution in [2.45, 2.75) is 13.3 Å². The lowest BCUT2D eigenvalue weighted by Gasteiger charge is -2.25. The molecular formula is C13H13N3O. The van der Waals surface area contributed by atoms with Crippen molar-refractivity contribution in [1.29, 1.82) is 5.26 Å². The van der Waals surface area contributed by atoms with E-state index in [0.29, 0.717) is 17.8 Å². The van der Waals surface area contributed by atoms with Crippen LogP contribution in [0.15, 0.2) is 30.0 Å². The van der Waals surface area contributed by atoms with E-state index >= 15 is 0 Å². The van der Waals surface area contributed by atoms with Gasteiger partial charge in [0.15, 0.2) is 0 Å². The predicted octanol–water partition coefficient (Wildman–Crippen LogP) is 1.75. The fraction of sp³-hybridized carbons (Fsp3) is 0.308. The van der Waals surface area contributed by atoms with Gasteiger partial charge in [-0.25, -0.2) is 4.98 Å². The number of nitrogens with zero attached hydrogens (tertiary/aromatic N) is 3. The summed E-state index contributed by atoms with van der Waals surface area (Å²) in [5.74, 6) is -0.0711. The minimum atomic E-state index is -0.0711. The Morgan fingerprint density at radius 1 is 1.53 bits per heavy atom. The number of carbonyl (C=O) groups excluding carboxylic acids is 1. The zero-order valence-electron chi connectivity index (χ0n) is 9.68. The smallest absolute Gasteiger partial charge is 0.272 e. The maximum absolute atomic E-state index is 12.1. The summed E-state index contributed by atoms with van der Waals surface area (Å²) in [5, 5.41) is 8.65. The second kappa shape index (κ2) is 4.79. The lowest BCUT2D eigenvalue weighted by molar-refractivity contribution is 0.0763. The van der Waals surface area contributed by atoms with Crippen LogP contribution in [0, 0.1) is 11.3 Å². The number of nitriles is 1. The van der Waals surface area contributed by atoms with Crippen LogP contribution in [-0.4, -0.2) is 28.9 Å². The van der Waals surface area contributed by atoms with E-state index in [9.17, 15) is 4.79 Å². The quantitative estimate of drug-likeness (QED) is 0.687. The number of aromatic nitrogens is 1. The van der Waals surface area contributed by atoms with Crippen LogP contribution in [0.1, 0.15) is 29.4 Å². The molecule has 0 fully saturated rings. The van der Waals surface area contributed by atoms with Crippen LogP contribution in [0.25, 0.3) is 0 Å². The molecule has 1 aromatic rings. The van der Waals surface area contributed by atoms with Crippen molar-refractivity contribution in [3.63, 3.8) is 0 Å². The van der Waals surface area contributed by atoms with Crippen molar-refractivity contribution in [2.24, 2.45) is 0 Å². The zero-order chi connectivity index (χ0) is 12.3. The number of amides is 1. The molecule has 0 atom stereocenters. The van der Waals surface area contributed by atoms with Crippen molar-refractivity contribution in [3.05, 3.63) is 41.2 Å². The third-order valence-corrected chi connectivity index (χ3v) is 2.84. The molecule has 4 heteroatoms. The average molecular weight is 227 g/mol. The molecule has 0 N–H and O–H groups in total. The Kier molecular flexibility index (Phi) is 3.20. The highest BCUT2D eigenvalue weighted by Gasteiger charge is 2.18. The minimum absolute atomic E-state index is 0.0711. The van der Waals surface area contributed by atoms with Crippen LogP contribution in [0.5, 0.6) is 0 Å². The Bertz CT molecular complexity index is 496. The van der Waals surface area contributed by atoms with Crippen molar-refractivity contribution in [2.75, 3.05) is 13.1 Å². The molecule has 1 aliphatic rings. The van der Waals surface area contributed by atoms with E-state index in [4.69, 9.17) is 5.26 Å². The molecule has 2 heterocycles. The van der Waals surface area contributed by atoms with Gasteiger partial charge in [0.05, 0.1) is 5.56 Å². The maximum atomic E-state index is 12.1. The molecule has 0 saturated heterocycles. The van der Waals surface area contributed by atoms with Gasteiger partial charge in [-0.2, -0.15) is 5.26 Å². The third-order valence-electron chi connectivity index (χ3n) is 2.84. The zero-order valence-corrected chi connectivity index (χ0v) is 9.68. The molecule has 1 aromatic heterocycles. The fourth-order valence-corrected chi connectivity index (χ4v) is 1.70. The summed E-state index contributed by atoms with van der Waals surface area (Å²) >= 11 is 0. The standard InChI is InChI=1S/C13H13N3O/c1-10-4-6-16(7-5-10)13(17)12-3-2-11(8-14)9-15-12/h2-4,9H,5-7H2,1H3. The average Bonchev–Trinajstić information content (AvgIpc) is 2.39. The lowest BCUT2D eigenvalue weighted by Crippen LogP contribution is -2.35. The van der Waals surface area contributed by atoms with E-state index in [2.05, 4.69) is 18.0 Å². The van der Waals surface area contributed by atoms with Crippen LogP contribution >= 0.6 is 0 Å². The molecule has 0 spiro atoms. The van der Waals surface area contributed by atoms with Gasteiger partial charge in [-0.1, -0.05) is 11.6 Å². The second-order valence-electron chi connectivity index (χ2n) is 4.10. The fourth-order valence-electron chi connectivity index (χ4n) is 1.70. The van der Waals surface area contributed by atoms with Gasteiger partial charge >= 0.3 is 0 Å². The number of hydrogen-bond donors (Lipinski definition) is 0. The van der Waals surface area contributed by atoms with Gasteiger partial charge in [0, 0.05) is 19.3 Å². The highest BCUT2D eigenvalue weighted by molar-refractivity contribution is 5.92. The van der Waals surface area contributed by atoms with Crippen LogP contribution < -0.4 is 0 Å². The Morgan fingerprint density at radius 3 is 2.88 bits per heavy atom. The van der Waals surface area contributed by atoms with Crippen molar-refractivity contribution in [3.8, 4) is 6.07 Å². The van der Waals surface area contributed by atoms with E-state index in [-0.39, 0.29) is 5.91 Å². The van der Waals surface area contributed by atoms with Crippen LogP contribution in [0.4, 0.5) is 0 Å². The molecule has 0 radical (unpaired) electrons. The first-order valence-corrected chi connectivity index (χ1v) is 5.52. The number of rotatable bonds is 1. The predicted molar refractivity (Wildman–Crippen MR) is 63.2 cm³/mol. The van der Waals surface area contributed by atoms with E-state index in [1.165, 1.54) is 11.8 Å². The summed E-state index contributed by atoms with van der Waals surface area (Å²) < 4.78 is 0. The summed E-state index contributed by atoms with van der Waals surface area (Å²) in [6.45, 7) is 3.46. The van der Waals surface area contributed by atoms with Crippen molar-refractivity contribution < 1.29 is 4.79 Å². The highest BCUT2D eigenvalue weighted by Crippen LogP contribution is 2.12. The maximum Gasteiger partial charge on any atom is 0.272 e. The molecular weight excluding hydrogens is 214 g/mol. The summed E-state index contributed by atoms with van der Waals surface area (Å²) in [6, 6.07) is 5.20. The largest absolute Gasteiger partial charge is 0.333 e. The normalized spacial score (nSPS) is 15.1. The molecule has 4 nitrogen and oxygen atoms in total. The molecule has 0 saturated carbocycles. The molecule has 0 aromatic carbocycles. The van der Waals surface area contributed by atoms with Gasteiger partial charge in [0.2, 0.25) is 0 Å². The molecule has 1 aliphatic heterocycles. The highest BCUT2D eigenvalue weighted by atomic mass is 16.2. The summed E-state index contributed by atoms with van der Waals surface area (Å²) in [7, 11) is 0. The Balaban J connectivity index is 2.12.